The molecule has 3 aromatic rings. The number of rotatable bonds is 13. The number of unbranched alkanes of at least 4 members (excludes halogenated alkanes) is 2. The summed E-state index contributed by atoms with van der Waals surface area (Å²) in [5, 5.41) is 3.80. The molecule has 0 spiro atoms. The Balaban J connectivity index is 1.51. The number of imidazole rings is 1. The third kappa shape index (κ3) is 7.23. The quantitative estimate of drug-likeness (QED) is 0.294. The van der Waals surface area contributed by atoms with Gasteiger partial charge < -0.3 is 14.6 Å². The molecule has 0 radical (unpaired) electrons. The number of carbonyl (C=O) groups excluding carboxylic acids is 1. The number of benzene rings is 2. The van der Waals surface area contributed by atoms with Crippen LogP contribution >= 0.6 is 11.6 Å². The number of fused-ring (bicyclic) bond motifs is 1. The largest absolute Gasteiger partial charge is 0.494 e. The molecule has 1 amide bonds. The number of amides is 1. The second-order valence-electron chi connectivity index (χ2n) is 8.65. The summed E-state index contributed by atoms with van der Waals surface area (Å²) in [6, 6.07) is 12.3. The van der Waals surface area contributed by atoms with Crippen LogP contribution in [0.5, 0.6) is 5.75 Å². The number of hydrogen-bond donors (Lipinski definition) is 1. The Morgan fingerprint density at radius 2 is 1.85 bits per heavy atom. The Hall–Kier alpha value is -2.53. The normalized spacial score (nSPS) is 11.2. The number of carbonyl (C=O) groups is 1. The summed E-state index contributed by atoms with van der Waals surface area (Å²) in [6.45, 7) is 8.31. The average Bonchev–Trinajstić information content (AvgIpc) is 3.15. The lowest BCUT2D eigenvalue weighted by Crippen LogP contribution is -2.23. The van der Waals surface area contributed by atoms with E-state index < -0.39 is 0 Å². The van der Waals surface area contributed by atoms with Crippen LogP contribution in [0.2, 0.25) is 5.02 Å². The molecule has 1 N–H and O–H groups in total. The highest BCUT2D eigenvalue weighted by atomic mass is 35.5. The number of aromatic nitrogens is 2. The number of ether oxygens (including phenoxy) is 1. The van der Waals surface area contributed by atoms with Gasteiger partial charge in [-0.25, -0.2) is 4.98 Å². The van der Waals surface area contributed by atoms with Crippen molar-refractivity contribution in [1.29, 1.82) is 0 Å². The molecule has 0 saturated heterocycles. The first-order valence-corrected chi connectivity index (χ1v) is 12.5. The van der Waals surface area contributed by atoms with Crippen LogP contribution in [0.3, 0.4) is 0 Å². The summed E-state index contributed by atoms with van der Waals surface area (Å²) in [5.74, 6) is 2.16. The lowest BCUT2D eigenvalue weighted by Gasteiger charge is -2.12. The third-order valence-electron chi connectivity index (χ3n) is 5.81. The van der Waals surface area contributed by atoms with Crippen molar-refractivity contribution in [3.63, 3.8) is 0 Å². The van der Waals surface area contributed by atoms with Gasteiger partial charge in [0.25, 0.3) is 0 Å². The van der Waals surface area contributed by atoms with E-state index in [-0.39, 0.29) is 5.91 Å². The zero-order valence-corrected chi connectivity index (χ0v) is 20.9. The monoisotopic (exact) mass is 469 g/mol. The standard InChI is InChI=1S/C27H36ClN3O2/c1-4-11-26(32)29-15-9-5-6-14-25-30-23-12-7-8-13-24(23)31(25)16-10-17-33-22-18-20(2)27(28)21(3)19-22/h7-8,12-13,18-19H,4-6,9-11,14-17H2,1-3H3,(H,29,32). The highest BCUT2D eigenvalue weighted by Crippen LogP contribution is 2.26. The van der Waals surface area contributed by atoms with Crippen molar-refractivity contribution in [2.45, 2.75) is 72.3 Å². The van der Waals surface area contributed by atoms with Gasteiger partial charge in [-0.3, -0.25) is 4.79 Å². The van der Waals surface area contributed by atoms with Crippen LogP contribution in [-0.2, 0) is 17.8 Å². The fourth-order valence-corrected chi connectivity index (χ4v) is 4.21. The Morgan fingerprint density at radius 3 is 2.61 bits per heavy atom. The number of halogens is 1. The van der Waals surface area contributed by atoms with E-state index in [0.717, 1.165) is 84.9 Å². The van der Waals surface area contributed by atoms with E-state index in [0.29, 0.717) is 13.0 Å². The lowest BCUT2D eigenvalue weighted by molar-refractivity contribution is -0.121. The van der Waals surface area contributed by atoms with Crippen LogP contribution in [0.15, 0.2) is 36.4 Å². The van der Waals surface area contributed by atoms with E-state index in [4.69, 9.17) is 21.3 Å². The highest BCUT2D eigenvalue weighted by Gasteiger charge is 2.10. The van der Waals surface area contributed by atoms with Crippen molar-refractivity contribution >= 4 is 28.5 Å². The summed E-state index contributed by atoms with van der Waals surface area (Å²) in [6.07, 6.45) is 6.49. The fraction of sp³-hybridized carbons (Fsp3) is 0.481. The molecule has 1 heterocycles. The highest BCUT2D eigenvalue weighted by molar-refractivity contribution is 6.32. The summed E-state index contributed by atoms with van der Waals surface area (Å²) >= 11 is 6.26. The predicted octanol–water partition coefficient (Wildman–Crippen LogP) is 6.40. The minimum atomic E-state index is 0.158. The van der Waals surface area contributed by atoms with Crippen molar-refractivity contribution in [1.82, 2.24) is 14.9 Å². The van der Waals surface area contributed by atoms with Crippen molar-refractivity contribution < 1.29 is 9.53 Å². The van der Waals surface area contributed by atoms with E-state index in [1.807, 2.05) is 39.0 Å². The van der Waals surface area contributed by atoms with Gasteiger partial charge in [0.15, 0.2) is 0 Å². The van der Waals surface area contributed by atoms with Crippen LogP contribution in [0.25, 0.3) is 11.0 Å². The molecule has 5 nitrogen and oxygen atoms in total. The second kappa shape index (κ2) is 12.6. The van der Waals surface area contributed by atoms with Gasteiger partial charge in [0, 0.05) is 31.0 Å². The number of para-hydroxylation sites is 2. The second-order valence-corrected chi connectivity index (χ2v) is 9.03. The molecule has 0 aliphatic rings. The molecular formula is C27H36ClN3O2. The molecule has 0 bridgehead atoms. The summed E-state index contributed by atoms with van der Waals surface area (Å²) < 4.78 is 8.34. The van der Waals surface area contributed by atoms with E-state index in [2.05, 4.69) is 28.1 Å². The molecule has 0 saturated carbocycles. The first kappa shape index (κ1) is 25.1. The Labute approximate surface area is 202 Å². The van der Waals surface area contributed by atoms with Gasteiger partial charge in [-0.05, 0) is 74.9 Å². The topological polar surface area (TPSA) is 56.2 Å². The SMILES string of the molecule is CCCC(=O)NCCCCCc1nc2ccccc2n1CCCOc1cc(C)c(Cl)c(C)c1. The van der Waals surface area contributed by atoms with E-state index in [1.165, 1.54) is 5.52 Å². The minimum Gasteiger partial charge on any atom is -0.494 e. The van der Waals surface area contributed by atoms with Gasteiger partial charge >= 0.3 is 0 Å². The molecule has 6 heteroatoms. The van der Waals surface area contributed by atoms with E-state index >= 15 is 0 Å². The van der Waals surface area contributed by atoms with Gasteiger partial charge in [0.2, 0.25) is 5.91 Å². The molecule has 1 aromatic heterocycles. The summed E-state index contributed by atoms with van der Waals surface area (Å²) in [7, 11) is 0. The van der Waals surface area contributed by atoms with Gasteiger partial charge in [0.05, 0.1) is 17.6 Å². The average molecular weight is 470 g/mol. The van der Waals surface area contributed by atoms with Gasteiger partial charge in [-0.2, -0.15) is 0 Å². The molecule has 0 fully saturated rings. The lowest BCUT2D eigenvalue weighted by atomic mass is 10.1. The third-order valence-corrected chi connectivity index (χ3v) is 6.41. The number of aryl methyl sites for hydroxylation is 4. The minimum absolute atomic E-state index is 0.158. The molecular weight excluding hydrogens is 434 g/mol. The Bertz CT molecular complexity index is 1040. The van der Waals surface area contributed by atoms with Crippen LogP contribution < -0.4 is 10.1 Å². The summed E-state index contributed by atoms with van der Waals surface area (Å²) in [4.78, 5) is 16.5. The molecule has 0 unspecified atom stereocenters. The van der Waals surface area contributed by atoms with E-state index in [9.17, 15) is 4.79 Å². The molecule has 0 aliphatic carbocycles. The van der Waals surface area contributed by atoms with Crippen LogP contribution in [0.1, 0.15) is 62.4 Å². The number of hydrogen-bond acceptors (Lipinski definition) is 3. The molecule has 3 rings (SSSR count). The zero-order chi connectivity index (χ0) is 23.6. The first-order chi connectivity index (χ1) is 16.0. The zero-order valence-electron chi connectivity index (χ0n) is 20.1. The maximum absolute atomic E-state index is 11.6. The van der Waals surface area contributed by atoms with Gasteiger partial charge in [0.1, 0.15) is 11.6 Å². The maximum atomic E-state index is 11.6. The van der Waals surface area contributed by atoms with Crippen molar-refractivity contribution in [2.24, 2.45) is 0 Å². The molecule has 178 valence electrons. The van der Waals surface area contributed by atoms with Gasteiger partial charge in [-0.1, -0.05) is 37.1 Å². The van der Waals surface area contributed by atoms with Crippen molar-refractivity contribution in [3.05, 3.63) is 58.4 Å². The van der Waals surface area contributed by atoms with Crippen molar-refractivity contribution in [3.8, 4) is 5.75 Å². The first-order valence-electron chi connectivity index (χ1n) is 12.1. The molecule has 0 atom stereocenters. The molecule has 0 aliphatic heterocycles. The fourth-order valence-electron chi connectivity index (χ4n) is 4.10. The van der Waals surface area contributed by atoms with Crippen LogP contribution in [0, 0.1) is 13.8 Å². The van der Waals surface area contributed by atoms with Gasteiger partial charge in [-0.15, -0.1) is 0 Å². The number of nitrogens with one attached hydrogen (secondary N) is 1. The number of nitrogens with zero attached hydrogens (tertiary/aromatic N) is 2. The van der Waals surface area contributed by atoms with Crippen LogP contribution in [-0.4, -0.2) is 28.6 Å². The smallest absolute Gasteiger partial charge is 0.219 e. The van der Waals surface area contributed by atoms with Crippen molar-refractivity contribution in [2.75, 3.05) is 13.2 Å². The molecule has 2 aromatic carbocycles. The Morgan fingerprint density at radius 1 is 1.09 bits per heavy atom. The Kier molecular flexibility index (Phi) is 9.61. The summed E-state index contributed by atoms with van der Waals surface area (Å²) in [5.41, 5.74) is 4.31. The maximum Gasteiger partial charge on any atom is 0.219 e. The molecule has 33 heavy (non-hydrogen) atoms. The van der Waals surface area contributed by atoms with Crippen LogP contribution in [0.4, 0.5) is 0 Å². The predicted molar refractivity (Wildman–Crippen MR) is 136 cm³/mol. The van der Waals surface area contributed by atoms with E-state index in [1.54, 1.807) is 0 Å².